The predicted molar refractivity (Wildman–Crippen MR) is 92.6 cm³/mol. The Bertz CT molecular complexity index is 601. The van der Waals surface area contributed by atoms with E-state index in [9.17, 15) is 13.6 Å². The highest BCUT2D eigenvalue weighted by Gasteiger charge is 2.39. The van der Waals surface area contributed by atoms with E-state index in [1.165, 1.54) is 0 Å². The Kier molecular flexibility index (Phi) is 5.63. The molecule has 1 saturated heterocycles. The van der Waals surface area contributed by atoms with E-state index in [4.69, 9.17) is 0 Å². The Labute approximate surface area is 143 Å². The molecule has 0 bridgehead atoms. The van der Waals surface area contributed by atoms with Gasteiger partial charge in [0.2, 0.25) is 0 Å². The van der Waals surface area contributed by atoms with Gasteiger partial charge in [0.25, 0.3) is 11.8 Å². The lowest BCUT2D eigenvalue weighted by Gasteiger charge is -2.34. The molecule has 1 heterocycles. The van der Waals surface area contributed by atoms with E-state index in [-0.39, 0.29) is 30.8 Å². The highest BCUT2D eigenvalue weighted by atomic mass is 19.3. The van der Waals surface area contributed by atoms with Gasteiger partial charge in [-0.25, -0.2) is 8.78 Å². The number of benzene rings is 1. The summed E-state index contributed by atoms with van der Waals surface area (Å²) in [4.78, 5) is 16.3. The van der Waals surface area contributed by atoms with Gasteiger partial charge < -0.3 is 4.90 Å². The molecule has 0 N–H and O–H groups in total. The molecule has 1 aliphatic heterocycles. The number of nitrogens with zero attached hydrogens (tertiary/aromatic N) is 2. The van der Waals surface area contributed by atoms with Crippen LogP contribution in [0.25, 0.3) is 0 Å². The number of likely N-dealkylation sites (N-methyl/N-ethyl adjacent to an activating group) is 1. The summed E-state index contributed by atoms with van der Waals surface area (Å²) in [5.74, 6) is -2.46. The van der Waals surface area contributed by atoms with Crippen molar-refractivity contribution in [3.05, 3.63) is 34.9 Å². The number of hydrogen-bond donors (Lipinski definition) is 0. The largest absolute Gasteiger partial charge is 0.337 e. The van der Waals surface area contributed by atoms with Crippen molar-refractivity contribution in [2.24, 2.45) is 5.92 Å². The second-order valence-corrected chi connectivity index (χ2v) is 7.37. The summed E-state index contributed by atoms with van der Waals surface area (Å²) in [5, 5.41) is 0. The van der Waals surface area contributed by atoms with Crippen molar-refractivity contribution in [3.63, 3.8) is 0 Å². The number of hydrogen-bond acceptors (Lipinski definition) is 2. The molecule has 1 amide bonds. The van der Waals surface area contributed by atoms with Crippen molar-refractivity contribution >= 4 is 5.91 Å². The van der Waals surface area contributed by atoms with Crippen LogP contribution >= 0.6 is 0 Å². The highest BCUT2D eigenvalue weighted by molar-refractivity contribution is 5.94. The minimum absolute atomic E-state index is 0.0530. The fraction of sp³-hybridized carbons (Fsp3) is 0.632. The summed E-state index contributed by atoms with van der Waals surface area (Å²) in [6.45, 7) is 8.73. The van der Waals surface area contributed by atoms with Crippen molar-refractivity contribution in [3.8, 4) is 0 Å². The molecule has 3 nitrogen and oxygen atoms in total. The van der Waals surface area contributed by atoms with Crippen LogP contribution in [0.4, 0.5) is 8.78 Å². The third-order valence-electron chi connectivity index (χ3n) is 5.04. The van der Waals surface area contributed by atoms with E-state index in [1.807, 2.05) is 45.9 Å². The number of aryl methyl sites for hydroxylation is 2. The lowest BCUT2D eigenvalue weighted by atomic mass is 10.00. The van der Waals surface area contributed by atoms with Gasteiger partial charge >= 0.3 is 0 Å². The first-order valence-corrected chi connectivity index (χ1v) is 8.55. The van der Waals surface area contributed by atoms with Gasteiger partial charge in [0, 0.05) is 38.2 Å². The summed E-state index contributed by atoms with van der Waals surface area (Å²) < 4.78 is 26.9. The van der Waals surface area contributed by atoms with Crippen molar-refractivity contribution in [2.45, 2.75) is 46.1 Å². The maximum atomic E-state index is 13.4. The lowest BCUT2D eigenvalue weighted by molar-refractivity contribution is 0.00885. The number of halogens is 2. The highest BCUT2D eigenvalue weighted by Crippen LogP contribution is 2.28. The summed E-state index contributed by atoms with van der Waals surface area (Å²) in [5.41, 5.74) is 2.88. The number of carbonyl (C=O) groups is 1. The standard InChI is InChI=1S/C19H28F2N2O/c1-13(2)17(11-23-9-8-19(20,21)12-23)22(5)18(24)16-7-6-14(3)15(4)10-16/h6-7,10,13,17H,8-9,11-12H2,1-5H3/t17-/m1/s1. The minimum Gasteiger partial charge on any atom is -0.337 e. The maximum absolute atomic E-state index is 13.4. The molecule has 1 aromatic rings. The smallest absolute Gasteiger partial charge is 0.261 e. The first-order valence-electron chi connectivity index (χ1n) is 8.55. The van der Waals surface area contributed by atoms with Crippen LogP contribution in [0.1, 0.15) is 41.8 Å². The summed E-state index contributed by atoms with van der Waals surface area (Å²) in [6.07, 6.45) is -0.0906. The molecule has 24 heavy (non-hydrogen) atoms. The number of alkyl halides is 2. The fourth-order valence-electron chi connectivity index (χ4n) is 3.24. The zero-order valence-corrected chi connectivity index (χ0v) is 15.3. The summed E-state index contributed by atoms with van der Waals surface area (Å²) in [6, 6.07) is 5.59. The predicted octanol–water partition coefficient (Wildman–Crippen LogP) is 3.74. The van der Waals surface area contributed by atoms with E-state index in [1.54, 1.807) is 16.8 Å². The first kappa shape index (κ1) is 18.8. The zero-order chi connectivity index (χ0) is 18.1. The second kappa shape index (κ2) is 7.18. The van der Waals surface area contributed by atoms with Crippen LogP contribution in [0.5, 0.6) is 0 Å². The van der Waals surface area contributed by atoms with E-state index >= 15 is 0 Å². The van der Waals surface area contributed by atoms with Crippen LogP contribution in [0.15, 0.2) is 18.2 Å². The van der Waals surface area contributed by atoms with Gasteiger partial charge in [-0.05, 0) is 43.0 Å². The minimum atomic E-state index is -2.60. The monoisotopic (exact) mass is 338 g/mol. The van der Waals surface area contributed by atoms with Crippen molar-refractivity contribution in [2.75, 3.05) is 26.7 Å². The fourth-order valence-corrected chi connectivity index (χ4v) is 3.24. The SMILES string of the molecule is Cc1ccc(C(=O)N(C)[C@H](CN2CCC(F)(F)C2)C(C)C)cc1C. The van der Waals surface area contributed by atoms with Crippen LogP contribution < -0.4 is 0 Å². The average molecular weight is 338 g/mol. The van der Waals surface area contributed by atoms with Gasteiger partial charge in [-0.3, -0.25) is 9.69 Å². The van der Waals surface area contributed by atoms with Gasteiger partial charge in [0.05, 0.1) is 6.54 Å². The van der Waals surface area contributed by atoms with Crippen molar-refractivity contribution in [1.82, 2.24) is 9.80 Å². The van der Waals surface area contributed by atoms with E-state index < -0.39 is 5.92 Å². The van der Waals surface area contributed by atoms with Crippen LogP contribution in [0, 0.1) is 19.8 Å². The lowest BCUT2D eigenvalue weighted by Crippen LogP contribution is -2.47. The molecule has 1 aliphatic rings. The average Bonchev–Trinajstić information content (AvgIpc) is 2.85. The number of likely N-dealkylation sites (tertiary alicyclic amines) is 1. The van der Waals surface area contributed by atoms with Crippen molar-refractivity contribution in [1.29, 1.82) is 0 Å². The van der Waals surface area contributed by atoms with Crippen LogP contribution in [-0.2, 0) is 0 Å². The topological polar surface area (TPSA) is 23.6 Å². The van der Waals surface area contributed by atoms with Gasteiger partial charge in [-0.2, -0.15) is 0 Å². The van der Waals surface area contributed by atoms with Crippen LogP contribution in [0.3, 0.4) is 0 Å². The maximum Gasteiger partial charge on any atom is 0.261 e. The van der Waals surface area contributed by atoms with Crippen LogP contribution in [0.2, 0.25) is 0 Å². The molecule has 0 unspecified atom stereocenters. The summed E-state index contributed by atoms with van der Waals surface area (Å²) >= 11 is 0. The Hall–Kier alpha value is -1.49. The molecule has 5 heteroatoms. The Morgan fingerprint density at radius 3 is 2.46 bits per heavy atom. The summed E-state index contributed by atoms with van der Waals surface area (Å²) in [7, 11) is 1.77. The second-order valence-electron chi connectivity index (χ2n) is 7.37. The molecule has 1 fully saturated rings. The van der Waals surface area contributed by atoms with E-state index in [0.717, 1.165) is 11.1 Å². The molecule has 1 atom stereocenters. The molecular weight excluding hydrogens is 310 g/mol. The normalized spacial score (nSPS) is 18.8. The number of carbonyl (C=O) groups excluding carboxylic acids is 1. The quantitative estimate of drug-likeness (QED) is 0.816. The number of rotatable bonds is 5. The van der Waals surface area contributed by atoms with E-state index in [0.29, 0.717) is 18.7 Å². The van der Waals surface area contributed by atoms with Crippen LogP contribution in [-0.4, -0.2) is 54.4 Å². The molecule has 0 saturated carbocycles. The van der Waals surface area contributed by atoms with Gasteiger partial charge in [0.15, 0.2) is 0 Å². The Morgan fingerprint density at radius 2 is 1.96 bits per heavy atom. The van der Waals surface area contributed by atoms with Gasteiger partial charge in [-0.1, -0.05) is 19.9 Å². The molecule has 1 aromatic carbocycles. The molecular formula is C19H28F2N2O. The third-order valence-corrected chi connectivity index (χ3v) is 5.04. The van der Waals surface area contributed by atoms with Gasteiger partial charge in [0.1, 0.15) is 0 Å². The molecule has 0 aromatic heterocycles. The molecule has 134 valence electrons. The van der Waals surface area contributed by atoms with E-state index in [2.05, 4.69) is 0 Å². The first-order chi connectivity index (χ1) is 11.1. The van der Waals surface area contributed by atoms with Crippen molar-refractivity contribution < 1.29 is 13.6 Å². The Balaban J connectivity index is 2.12. The molecule has 2 rings (SSSR count). The number of amides is 1. The third kappa shape index (κ3) is 4.32. The Morgan fingerprint density at radius 1 is 1.29 bits per heavy atom. The molecule has 0 spiro atoms. The molecule has 0 radical (unpaired) electrons. The zero-order valence-electron chi connectivity index (χ0n) is 15.3. The molecule has 0 aliphatic carbocycles. The van der Waals surface area contributed by atoms with Gasteiger partial charge in [-0.15, -0.1) is 0 Å².